The van der Waals surface area contributed by atoms with Crippen LogP contribution in [-0.4, -0.2) is 17.4 Å². The number of amides is 1. The fourth-order valence-corrected chi connectivity index (χ4v) is 2.86. The Labute approximate surface area is 119 Å². The summed E-state index contributed by atoms with van der Waals surface area (Å²) < 4.78 is 0. The molecule has 0 fully saturated rings. The first-order valence-electron chi connectivity index (χ1n) is 6.96. The normalized spacial score (nSPS) is 13.4. The van der Waals surface area contributed by atoms with Gasteiger partial charge in [-0.2, -0.15) is 0 Å². The van der Waals surface area contributed by atoms with E-state index in [0.717, 1.165) is 35.6 Å². The summed E-state index contributed by atoms with van der Waals surface area (Å²) in [6, 6.07) is 12.1. The monoisotopic (exact) mass is 266 g/mol. The molecule has 3 rings (SSSR count). The van der Waals surface area contributed by atoms with Crippen LogP contribution in [-0.2, 0) is 17.6 Å². The van der Waals surface area contributed by atoms with Crippen molar-refractivity contribution in [2.45, 2.75) is 26.7 Å². The van der Waals surface area contributed by atoms with Crippen molar-refractivity contribution in [2.75, 3.05) is 11.4 Å². The first-order valence-corrected chi connectivity index (χ1v) is 6.96. The van der Waals surface area contributed by atoms with Gasteiger partial charge < -0.3 is 4.90 Å². The van der Waals surface area contributed by atoms with Gasteiger partial charge in [-0.1, -0.05) is 18.2 Å². The summed E-state index contributed by atoms with van der Waals surface area (Å²) in [6.45, 7) is 4.78. The van der Waals surface area contributed by atoms with E-state index in [1.807, 2.05) is 49.1 Å². The van der Waals surface area contributed by atoms with Crippen LogP contribution in [0.3, 0.4) is 0 Å². The summed E-state index contributed by atoms with van der Waals surface area (Å²) in [6.07, 6.45) is 1.32. The minimum Gasteiger partial charge on any atom is -0.311 e. The van der Waals surface area contributed by atoms with E-state index in [2.05, 4.69) is 11.1 Å². The van der Waals surface area contributed by atoms with E-state index in [-0.39, 0.29) is 5.91 Å². The number of aryl methyl sites for hydroxylation is 2. The maximum atomic E-state index is 12.5. The minimum atomic E-state index is 0.132. The van der Waals surface area contributed by atoms with Gasteiger partial charge in [-0.3, -0.25) is 9.78 Å². The number of carbonyl (C=O) groups is 1. The Hall–Kier alpha value is -2.16. The Morgan fingerprint density at radius 3 is 2.85 bits per heavy atom. The predicted octanol–water partition coefficient (Wildman–Crippen LogP) is 2.83. The summed E-state index contributed by atoms with van der Waals surface area (Å²) >= 11 is 0. The molecule has 20 heavy (non-hydrogen) atoms. The highest BCUT2D eigenvalue weighted by atomic mass is 16.2. The van der Waals surface area contributed by atoms with Crippen molar-refractivity contribution in [3.05, 3.63) is 58.9 Å². The average Bonchev–Trinajstić information content (AvgIpc) is 2.81. The van der Waals surface area contributed by atoms with Crippen LogP contribution < -0.4 is 4.90 Å². The molecule has 1 aromatic heterocycles. The van der Waals surface area contributed by atoms with Crippen LogP contribution in [0.15, 0.2) is 36.4 Å². The molecule has 1 aromatic carbocycles. The molecule has 2 heterocycles. The molecule has 0 bridgehead atoms. The second-order valence-corrected chi connectivity index (χ2v) is 5.38. The molecular formula is C17H18N2O. The van der Waals surface area contributed by atoms with E-state index in [1.165, 1.54) is 5.56 Å². The lowest BCUT2D eigenvalue weighted by Gasteiger charge is -2.17. The van der Waals surface area contributed by atoms with Gasteiger partial charge in [-0.15, -0.1) is 0 Å². The summed E-state index contributed by atoms with van der Waals surface area (Å²) in [7, 11) is 0. The molecule has 2 aromatic rings. The number of rotatable bonds is 2. The molecule has 0 saturated heterocycles. The summed E-state index contributed by atoms with van der Waals surface area (Å²) in [4.78, 5) is 18.8. The predicted molar refractivity (Wildman–Crippen MR) is 79.9 cm³/mol. The maximum absolute atomic E-state index is 12.5. The molecule has 0 N–H and O–H groups in total. The van der Waals surface area contributed by atoms with Crippen molar-refractivity contribution >= 4 is 11.6 Å². The Bertz CT molecular complexity index is 644. The van der Waals surface area contributed by atoms with E-state index < -0.39 is 0 Å². The number of anilines is 1. The van der Waals surface area contributed by atoms with Crippen molar-refractivity contribution in [3.8, 4) is 0 Å². The molecule has 102 valence electrons. The second kappa shape index (κ2) is 5.08. The highest BCUT2D eigenvalue weighted by Crippen LogP contribution is 2.27. The zero-order valence-electron chi connectivity index (χ0n) is 11.9. The highest BCUT2D eigenvalue weighted by Gasteiger charge is 2.24. The second-order valence-electron chi connectivity index (χ2n) is 5.38. The van der Waals surface area contributed by atoms with Crippen LogP contribution in [0.1, 0.15) is 22.5 Å². The first kappa shape index (κ1) is 12.9. The van der Waals surface area contributed by atoms with Gasteiger partial charge in [0.15, 0.2) is 0 Å². The quantitative estimate of drug-likeness (QED) is 0.837. The Kier molecular flexibility index (Phi) is 3.26. The van der Waals surface area contributed by atoms with Gasteiger partial charge in [0, 0.05) is 17.9 Å². The third kappa shape index (κ3) is 2.44. The van der Waals surface area contributed by atoms with Gasteiger partial charge in [-0.25, -0.2) is 0 Å². The van der Waals surface area contributed by atoms with Crippen LogP contribution in [0.25, 0.3) is 0 Å². The number of benzene rings is 1. The molecule has 0 spiro atoms. The van der Waals surface area contributed by atoms with E-state index in [0.29, 0.717) is 6.42 Å². The molecule has 0 saturated carbocycles. The number of para-hydroxylation sites is 1. The van der Waals surface area contributed by atoms with Crippen LogP contribution in [0.5, 0.6) is 0 Å². The lowest BCUT2D eigenvalue weighted by molar-refractivity contribution is -0.117. The molecule has 0 atom stereocenters. The van der Waals surface area contributed by atoms with Gasteiger partial charge in [0.05, 0.1) is 12.1 Å². The molecule has 0 radical (unpaired) electrons. The maximum Gasteiger partial charge on any atom is 0.233 e. The molecule has 0 unspecified atom stereocenters. The SMILES string of the molecule is Cc1cc(C)nc(CC(=O)N2CCc3ccccc32)c1. The number of hydrogen-bond acceptors (Lipinski definition) is 2. The third-order valence-electron chi connectivity index (χ3n) is 3.67. The molecule has 1 amide bonds. The topological polar surface area (TPSA) is 33.2 Å². The number of aromatic nitrogens is 1. The van der Waals surface area contributed by atoms with Gasteiger partial charge in [0.1, 0.15) is 0 Å². The van der Waals surface area contributed by atoms with Crippen molar-refractivity contribution in [1.29, 1.82) is 0 Å². The van der Waals surface area contributed by atoms with Crippen LogP contribution in [0.4, 0.5) is 5.69 Å². The summed E-state index contributed by atoms with van der Waals surface area (Å²) in [5.74, 6) is 0.132. The molecule has 3 heteroatoms. The fourth-order valence-electron chi connectivity index (χ4n) is 2.86. The lowest BCUT2D eigenvalue weighted by Crippen LogP contribution is -2.30. The fraction of sp³-hybridized carbons (Fsp3) is 0.294. The number of carbonyl (C=O) groups excluding carboxylic acids is 1. The molecular weight excluding hydrogens is 248 g/mol. The Balaban J connectivity index is 1.81. The van der Waals surface area contributed by atoms with E-state index >= 15 is 0 Å². The van der Waals surface area contributed by atoms with E-state index in [1.54, 1.807) is 0 Å². The molecule has 3 nitrogen and oxygen atoms in total. The van der Waals surface area contributed by atoms with Crippen molar-refractivity contribution in [3.63, 3.8) is 0 Å². The molecule has 1 aliphatic heterocycles. The van der Waals surface area contributed by atoms with Crippen LogP contribution in [0.2, 0.25) is 0 Å². The molecule has 0 aliphatic carbocycles. The Morgan fingerprint density at radius 2 is 2.05 bits per heavy atom. The summed E-state index contributed by atoms with van der Waals surface area (Å²) in [5, 5.41) is 0. The zero-order valence-corrected chi connectivity index (χ0v) is 11.9. The third-order valence-corrected chi connectivity index (χ3v) is 3.67. The first-order chi connectivity index (χ1) is 9.63. The van der Waals surface area contributed by atoms with Gasteiger partial charge in [0.2, 0.25) is 5.91 Å². The van der Waals surface area contributed by atoms with Crippen LogP contribution >= 0.6 is 0 Å². The lowest BCUT2D eigenvalue weighted by atomic mass is 10.1. The number of fused-ring (bicyclic) bond motifs is 1. The zero-order chi connectivity index (χ0) is 14.1. The van der Waals surface area contributed by atoms with Crippen molar-refractivity contribution in [2.24, 2.45) is 0 Å². The minimum absolute atomic E-state index is 0.132. The number of nitrogens with zero attached hydrogens (tertiary/aromatic N) is 2. The van der Waals surface area contributed by atoms with E-state index in [4.69, 9.17) is 0 Å². The van der Waals surface area contributed by atoms with Crippen molar-refractivity contribution < 1.29 is 4.79 Å². The summed E-state index contributed by atoms with van der Waals surface area (Å²) in [5.41, 5.74) is 5.30. The smallest absolute Gasteiger partial charge is 0.233 e. The number of pyridine rings is 1. The molecule has 1 aliphatic rings. The standard InChI is InChI=1S/C17H18N2O/c1-12-9-13(2)18-15(10-12)11-17(20)19-8-7-14-5-3-4-6-16(14)19/h3-6,9-10H,7-8,11H2,1-2H3. The Morgan fingerprint density at radius 1 is 1.25 bits per heavy atom. The van der Waals surface area contributed by atoms with Crippen LogP contribution in [0, 0.1) is 13.8 Å². The van der Waals surface area contributed by atoms with Crippen molar-refractivity contribution in [1.82, 2.24) is 4.98 Å². The average molecular weight is 266 g/mol. The van der Waals surface area contributed by atoms with Gasteiger partial charge in [-0.05, 0) is 49.6 Å². The van der Waals surface area contributed by atoms with Gasteiger partial charge in [0.25, 0.3) is 0 Å². The van der Waals surface area contributed by atoms with Gasteiger partial charge >= 0.3 is 0 Å². The number of hydrogen-bond donors (Lipinski definition) is 0. The van der Waals surface area contributed by atoms with E-state index in [9.17, 15) is 4.79 Å². The largest absolute Gasteiger partial charge is 0.311 e. The highest BCUT2D eigenvalue weighted by molar-refractivity contribution is 5.96.